The molecule has 0 aliphatic heterocycles. The minimum absolute atomic E-state index is 0.178. The van der Waals surface area contributed by atoms with E-state index in [2.05, 4.69) is 48.5 Å². The van der Waals surface area contributed by atoms with Crippen molar-refractivity contribution >= 4 is 11.6 Å². The summed E-state index contributed by atoms with van der Waals surface area (Å²) >= 11 is 6.27. The Bertz CT molecular complexity index is 531. The number of rotatable bonds is 5. The summed E-state index contributed by atoms with van der Waals surface area (Å²) in [5, 5.41) is 8.37. The average molecular weight is 278 g/mol. The van der Waals surface area contributed by atoms with Gasteiger partial charge in [0.15, 0.2) is 0 Å². The van der Waals surface area contributed by atoms with Crippen molar-refractivity contribution in [3.8, 4) is 0 Å². The van der Waals surface area contributed by atoms with Crippen LogP contribution in [0, 0.1) is 6.92 Å². The molecule has 0 amide bonds. The van der Waals surface area contributed by atoms with Crippen LogP contribution in [0.25, 0.3) is 0 Å². The van der Waals surface area contributed by atoms with E-state index in [9.17, 15) is 0 Å². The van der Waals surface area contributed by atoms with Crippen molar-refractivity contribution in [3.63, 3.8) is 0 Å². The molecule has 2 aromatic rings. The van der Waals surface area contributed by atoms with Crippen LogP contribution in [-0.2, 0) is 13.0 Å². The molecule has 0 aliphatic carbocycles. The Balaban J connectivity index is 2.24. The summed E-state index contributed by atoms with van der Waals surface area (Å²) in [5.41, 5.74) is 3.64. The molecule has 1 unspecified atom stereocenters. The first-order valence-corrected chi connectivity index (χ1v) is 6.97. The number of benzene rings is 1. The largest absolute Gasteiger partial charge is 0.311 e. The molecule has 102 valence electrons. The highest BCUT2D eigenvalue weighted by Crippen LogP contribution is 2.25. The maximum atomic E-state index is 6.27. The number of aromatic nitrogens is 2. The molecule has 19 heavy (non-hydrogen) atoms. The molecule has 0 bridgehead atoms. The summed E-state index contributed by atoms with van der Waals surface area (Å²) in [6.45, 7) is 5.00. The Kier molecular flexibility index (Phi) is 4.61. The van der Waals surface area contributed by atoms with Crippen LogP contribution in [-0.4, -0.2) is 16.8 Å². The number of nitrogens with one attached hydrogen (secondary N) is 1. The Hall–Kier alpha value is -1.32. The number of hydrogen-bond donors (Lipinski definition) is 1. The van der Waals surface area contributed by atoms with Crippen molar-refractivity contribution in [1.29, 1.82) is 0 Å². The van der Waals surface area contributed by atoms with Crippen LogP contribution in [0.1, 0.15) is 29.8 Å². The molecule has 0 aliphatic rings. The molecular weight excluding hydrogens is 258 g/mol. The molecule has 1 heterocycles. The number of hydrogen-bond acceptors (Lipinski definition) is 2. The Morgan fingerprint density at radius 3 is 2.58 bits per heavy atom. The molecule has 1 aromatic carbocycles. The molecular formula is C15H20ClN3. The lowest BCUT2D eigenvalue weighted by molar-refractivity contribution is 0.513. The zero-order valence-electron chi connectivity index (χ0n) is 11.7. The quantitative estimate of drug-likeness (QED) is 0.908. The van der Waals surface area contributed by atoms with Crippen LogP contribution in [0.2, 0.25) is 5.02 Å². The second-order valence-corrected chi connectivity index (χ2v) is 5.13. The van der Waals surface area contributed by atoms with Crippen molar-refractivity contribution in [2.24, 2.45) is 0 Å². The molecule has 1 N–H and O–H groups in total. The van der Waals surface area contributed by atoms with E-state index in [0.717, 1.165) is 23.7 Å². The second-order valence-electron chi connectivity index (χ2n) is 4.72. The van der Waals surface area contributed by atoms with Crippen LogP contribution in [0.15, 0.2) is 30.5 Å². The van der Waals surface area contributed by atoms with E-state index in [1.54, 1.807) is 6.20 Å². The number of likely N-dealkylation sites (N-methyl/N-ethyl adjacent to an activating group) is 1. The van der Waals surface area contributed by atoms with E-state index in [0.29, 0.717) is 0 Å². The smallest absolute Gasteiger partial charge is 0.0834 e. The van der Waals surface area contributed by atoms with E-state index in [-0.39, 0.29) is 6.04 Å². The topological polar surface area (TPSA) is 29.9 Å². The SMILES string of the molecule is CCn1ncc(Cl)c1C(Cc1ccc(C)cc1)NC. The molecule has 0 radical (unpaired) electrons. The fraction of sp³-hybridized carbons (Fsp3) is 0.400. The fourth-order valence-electron chi connectivity index (χ4n) is 2.27. The van der Waals surface area contributed by atoms with Crippen LogP contribution >= 0.6 is 11.6 Å². The predicted octanol–water partition coefficient (Wildman–Crippen LogP) is 3.37. The second kappa shape index (κ2) is 6.22. The molecule has 0 fully saturated rings. The first-order chi connectivity index (χ1) is 9.15. The molecule has 4 heteroatoms. The predicted molar refractivity (Wildman–Crippen MR) is 79.6 cm³/mol. The monoisotopic (exact) mass is 277 g/mol. The maximum Gasteiger partial charge on any atom is 0.0834 e. The lowest BCUT2D eigenvalue weighted by Gasteiger charge is -2.18. The number of aryl methyl sites for hydroxylation is 2. The summed E-state index contributed by atoms with van der Waals surface area (Å²) in [4.78, 5) is 0. The molecule has 0 spiro atoms. The van der Waals surface area contributed by atoms with E-state index < -0.39 is 0 Å². The van der Waals surface area contributed by atoms with Crippen LogP contribution in [0.4, 0.5) is 0 Å². The first kappa shape index (κ1) is 14.1. The third kappa shape index (κ3) is 3.17. The summed E-state index contributed by atoms with van der Waals surface area (Å²) in [7, 11) is 1.96. The zero-order valence-corrected chi connectivity index (χ0v) is 12.4. The Morgan fingerprint density at radius 2 is 2.00 bits per heavy atom. The van der Waals surface area contributed by atoms with Crippen molar-refractivity contribution < 1.29 is 0 Å². The van der Waals surface area contributed by atoms with Gasteiger partial charge in [-0.3, -0.25) is 4.68 Å². The minimum atomic E-state index is 0.178. The normalized spacial score (nSPS) is 12.6. The Labute approximate surface area is 119 Å². The molecule has 1 aromatic heterocycles. The van der Waals surface area contributed by atoms with E-state index in [1.807, 2.05) is 11.7 Å². The molecule has 2 rings (SSSR count). The van der Waals surface area contributed by atoms with Crippen molar-refractivity contribution in [2.45, 2.75) is 32.9 Å². The summed E-state index contributed by atoms with van der Waals surface area (Å²) < 4.78 is 1.96. The molecule has 0 saturated carbocycles. The highest BCUT2D eigenvalue weighted by molar-refractivity contribution is 6.31. The van der Waals surface area contributed by atoms with Gasteiger partial charge in [0.2, 0.25) is 0 Å². The lowest BCUT2D eigenvalue weighted by atomic mass is 10.0. The van der Waals surface area contributed by atoms with Gasteiger partial charge in [0.05, 0.1) is 23.0 Å². The number of halogens is 1. The summed E-state index contributed by atoms with van der Waals surface area (Å²) in [5.74, 6) is 0. The van der Waals surface area contributed by atoms with E-state index in [1.165, 1.54) is 11.1 Å². The highest BCUT2D eigenvalue weighted by atomic mass is 35.5. The third-order valence-electron chi connectivity index (χ3n) is 3.37. The summed E-state index contributed by atoms with van der Waals surface area (Å²) in [6, 6.07) is 8.79. The third-order valence-corrected chi connectivity index (χ3v) is 3.66. The summed E-state index contributed by atoms with van der Waals surface area (Å²) in [6.07, 6.45) is 2.63. The van der Waals surface area contributed by atoms with Gasteiger partial charge in [-0.25, -0.2) is 0 Å². The van der Waals surface area contributed by atoms with E-state index >= 15 is 0 Å². The van der Waals surface area contributed by atoms with Crippen LogP contribution in [0.3, 0.4) is 0 Å². The van der Waals surface area contributed by atoms with Gasteiger partial charge in [-0.2, -0.15) is 5.10 Å². The molecule has 1 atom stereocenters. The van der Waals surface area contributed by atoms with E-state index in [4.69, 9.17) is 11.6 Å². The lowest BCUT2D eigenvalue weighted by Crippen LogP contribution is -2.22. The van der Waals surface area contributed by atoms with Gasteiger partial charge in [0.1, 0.15) is 0 Å². The first-order valence-electron chi connectivity index (χ1n) is 6.59. The van der Waals surface area contributed by atoms with Gasteiger partial charge in [-0.05, 0) is 32.9 Å². The minimum Gasteiger partial charge on any atom is -0.311 e. The fourth-order valence-corrected chi connectivity index (χ4v) is 2.54. The Morgan fingerprint density at radius 1 is 1.32 bits per heavy atom. The number of nitrogens with zero attached hydrogens (tertiary/aromatic N) is 2. The van der Waals surface area contributed by atoms with Crippen molar-refractivity contribution in [1.82, 2.24) is 15.1 Å². The van der Waals surface area contributed by atoms with Gasteiger partial charge >= 0.3 is 0 Å². The molecule has 3 nitrogen and oxygen atoms in total. The van der Waals surface area contributed by atoms with Gasteiger partial charge in [0, 0.05) is 6.54 Å². The zero-order chi connectivity index (χ0) is 13.8. The van der Waals surface area contributed by atoms with Crippen LogP contribution in [0.5, 0.6) is 0 Å². The van der Waals surface area contributed by atoms with Gasteiger partial charge in [-0.1, -0.05) is 41.4 Å². The standard InChI is InChI=1S/C15H20ClN3/c1-4-19-15(13(16)10-18-19)14(17-3)9-12-7-5-11(2)6-8-12/h5-8,10,14,17H,4,9H2,1-3H3. The maximum absolute atomic E-state index is 6.27. The average Bonchev–Trinajstić information content (AvgIpc) is 2.79. The highest BCUT2D eigenvalue weighted by Gasteiger charge is 2.18. The van der Waals surface area contributed by atoms with Crippen LogP contribution < -0.4 is 5.32 Å². The van der Waals surface area contributed by atoms with Crippen molar-refractivity contribution in [3.05, 3.63) is 52.3 Å². The van der Waals surface area contributed by atoms with Gasteiger partial charge in [-0.15, -0.1) is 0 Å². The van der Waals surface area contributed by atoms with Gasteiger partial charge < -0.3 is 5.32 Å². The van der Waals surface area contributed by atoms with Gasteiger partial charge in [0.25, 0.3) is 0 Å². The van der Waals surface area contributed by atoms with Crippen molar-refractivity contribution in [2.75, 3.05) is 7.05 Å². The molecule has 0 saturated heterocycles.